The quantitative estimate of drug-likeness (QED) is 0.842. The van der Waals surface area contributed by atoms with E-state index in [9.17, 15) is 13.2 Å². The van der Waals surface area contributed by atoms with Crippen LogP contribution in [0.3, 0.4) is 0 Å². The highest BCUT2D eigenvalue weighted by molar-refractivity contribution is 7.09. The van der Waals surface area contributed by atoms with Crippen molar-refractivity contribution >= 4 is 22.6 Å². The maximum Gasteiger partial charge on any atom is 0.490 e. The van der Waals surface area contributed by atoms with E-state index in [0.717, 1.165) is 5.56 Å². The molecule has 2 aromatic rings. The van der Waals surface area contributed by atoms with Crippen LogP contribution in [0, 0.1) is 0 Å². The topological polar surface area (TPSA) is 89.1 Å². The van der Waals surface area contributed by atoms with Gasteiger partial charge < -0.3 is 10.8 Å². The second-order valence-electron chi connectivity index (χ2n) is 3.13. The van der Waals surface area contributed by atoms with Crippen molar-refractivity contribution in [2.45, 2.75) is 6.18 Å². The van der Waals surface area contributed by atoms with Crippen LogP contribution in [0.1, 0.15) is 0 Å². The summed E-state index contributed by atoms with van der Waals surface area (Å²) < 4.78 is 35.8. The average molecular weight is 291 g/mol. The Bertz CT molecular complexity index is 542. The van der Waals surface area contributed by atoms with Gasteiger partial charge in [-0.1, -0.05) is 30.3 Å². The summed E-state index contributed by atoms with van der Waals surface area (Å²) in [7, 11) is 0. The number of benzene rings is 1. The summed E-state index contributed by atoms with van der Waals surface area (Å²) in [5.41, 5.74) is 6.47. The molecule has 0 fully saturated rings. The molecule has 0 radical (unpaired) electrons. The Kier molecular flexibility index (Phi) is 4.81. The number of carboxylic acids is 1. The van der Waals surface area contributed by atoms with Crippen LogP contribution < -0.4 is 5.73 Å². The average Bonchev–Trinajstić information content (AvgIpc) is 2.77. The Morgan fingerprint density at radius 3 is 2.16 bits per heavy atom. The molecule has 0 aliphatic rings. The highest BCUT2D eigenvalue weighted by atomic mass is 32.1. The zero-order valence-electron chi connectivity index (χ0n) is 9.26. The number of anilines is 1. The van der Waals surface area contributed by atoms with Gasteiger partial charge in [-0.3, -0.25) is 0 Å². The SMILES string of the molecule is Nc1nc(-c2ccccc2)ns1.O=C(O)C(F)(F)F. The fourth-order valence-corrected chi connectivity index (χ4v) is 1.39. The summed E-state index contributed by atoms with van der Waals surface area (Å²) in [6, 6.07) is 9.78. The van der Waals surface area contributed by atoms with E-state index < -0.39 is 12.1 Å². The van der Waals surface area contributed by atoms with Gasteiger partial charge in [0.05, 0.1) is 0 Å². The van der Waals surface area contributed by atoms with Gasteiger partial charge in [-0.05, 0) is 0 Å². The largest absolute Gasteiger partial charge is 0.490 e. The van der Waals surface area contributed by atoms with Gasteiger partial charge in [-0.2, -0.15) is 22.5 Å². The van der Waals surface area contributed by atoms with Gasteiger partial charge in [-0.15, -0.1) is 0 Å². The number of alkyl halides is 3. The molecule has 0 unspecified atom stereocenters. The summed E-state index contributed by atoms with van der Waals surface area (Å²) in [5.74, 6) is -2.05. The molecular weight excluding hydrogens is 283 g/mol. The molecule has 102 valence electrons. The number of aliphatic carboxylic acids is 1. The molecule has 19 heavy (non-hydrogen) atoms. The lowest BCUT2D eigenvalue weighted by Gasteiger charge is -1.93. The molecule has 0 bridgehead atoms. The van der Waals surface area contributed by atoms with Gasteiger partial charge >= 0.3 is 12.1 Å². The van der Waals surface area contributed by atoms with E-state index in [1.54, 1.807) is 0 Å². The van der Waals surface area contributed by atoms with Crippen molar-refractivity contribution in [1.82, 2.24) is 9.36 Å². The number of hydrogen-bond acceptors (Lipinski definition) is 5. The number of aromatic nitrogens is 2. The highest BCUT2D eigenvalue weighted by Crippen LogP contribution is 2.18. The summed E-state index contributed by atoms with van der Waals surface area (Å²) in [6.07, 6.45) is -5.08. The number of carbonyl (C=O) groups is 1. The van der Waals surface area contributed by atoms with Crippen LogP contribution >= 0.6 is 11.5 Å². The third-order valence-electron chi connectivity index (χ3n) is 1.72. The van der Waals surface area contributed by atoms with Gasteiger partial charge in [0, 0.05) is 17.1 Å². The smallest absolute Gasteiger partial charge is 0.475 e. The number of nitrogens with zero attached hydrogens (tertiary/aromatic N) is 2. The van der Waals surface area contributed by atoms with Crippen LogP contribution in [0.5, 0.6) is 0 Å². The fraction of sp³-hybridized carbons (Fsp3) is 0.100. The molecule has 1 aromatic heterocycles. The lowest BCUT2D eigenvalue weighted by Crippen LogP contribution is -2.21. The Balaban J connectivity index is 0.000000224. The first-order chi connectivity index (χ1) is 8.80. The number of halogens is 3. The van der Waals surface area contributed by atoms with Crippen LogP contribution in [0.15, 0.2) is 30.3 Å². The zero-order valence-corrected chi connectivity index (χ0v) is 10.1. The second-order valence-corrected chi connectivity index (χ2v) is 3.91. The Morgan fingerprint density at radius 1 is 1.26 bits per heavy atom. The first kappa shape index (κ1) is 14.9. The molecule has 0 aliphatic carbocycles. The van der Waals surface area contributed by atoms with E-state index >= 15 is 0 Å². The molecule has 0 atom stereocenters. The molecule has 0 saturated heterocycles. The minimum absolute atomic E-state index is 0.508. The van der Waals surface area contributed by atoms with Gasteiger partial charge in [0.2, 0.25) is 0 Å². The first-order valence-electron chi connectivity index (χ1n) is 4.75. The molecular formula is C10H8F3N3O2S. The van der Waals surface area contributed by atoms with Crippen molar-refractivity contribution < 1.29 is 23.1 Å². The van der Waals surface area contributed by atoms with Crippen molar-refractivity contribution in [2.24, 2.45) is 0 Å². The number of nitrogen functional groups attached to an aromatic ring is 1. The predicted octanol–water partition coefficient (Wildman–Crippen LogP) is 2.42. The normalized spacial score (nSPS) is 10.5. The maximum atomic E-state index is 10.6. The molecule has 0 spiro atoms. The van der Waals surface area contributed by atoms with Gasteiger partial charge in [0.15, 0.2) is 11.0 Å². The van der Waals surface area contributed by atoms with E-state index in [1.807, 2.05) is 30.3 Å². The minimum atomic E-state index is -5.08. The standard InChI is InChI=1S/C8H7N3S.C2HF3O2/c9-8-10-7(11-12-8)6-4-2-1-3-5-6;3-2(4,5)1(6)7/h1-5H,(H2,9,10,11);(H,6,7). The lowest BCUT2D eigenvalue weighted by atomic mass is 10.2. The lowest BCUT2D eigenvalue weighted by molar-refractivity contribution is -0.192. The van der Waals surface area contributed by atoms with Crippen molar-refractivity contribution in [3.05, 3.63) is 30.3 Å². The monoisotopic (exact) mass is 291 g/mol. The van der Waals surface area contributed by atoms with Crippen LogP contribution in [-0.2, 0) is 4.79 Å². The number of hydrogen-bond donors (Lipinski definition) is 2. The Hall–Kier alpha value is -2.16. The fourth-order valence-electron chi connectivity index (χ4n) is 0.940. The summed E-state index contributed by atoms with van der Waals surface area (Å²) >= 11 is 1.22. The van der Waals surface area contributed by atoms with Crippen molar-refractivity contribution in [2.75, 3.05) is 5.73 Å². The molecule has 1 aromatic carbocycles. The number of carboxylic acid groups (broad SMARTS) is 1. The molecule has 2 rings (SSSR count). The summed E-state index contributed by atoms with van der Waals surface area (Å²) in [6.45, 7) is 0. The Morgan fingerprint density at radius 2 is 1.79 bits per heavy atom. The van der Waals surface area contributed by atoms with Gasteiger partial charge in [-0.25, -0.2) is 4.79 Å². The van der Waals surface area contributed by atoms with E-state index in [4.69, 9.17) is 15.6 Å². The molecule has 0 saturated carbocycles. The predicted molar refractivity (Wildman–Crippen MR) is 63.4 cm³/mol. The minimum Gasteiger partial charge on any atom is -0.475 e. The third-order valence-corrected chi connectivity index (χ3v) is 2.26. The van der Waals surface area contributed by atoms with Crippen molar-refractivity contribution in [3.8, 4) is 11.4 Å². The van der Waals surface area contributed by atoms with Gasteiger partial charge in [0.1, 0.15) is 0 Å². The second kappa shape index (κ2) is 6.14. The molecule has 9 heteroatoms. The van der Waals surface area contributed by atoms with Crippen molar-refractivity contribution in [1.29, 1.82) is 0 Å². The molecule has 1 heterocycles. The molecule has 0 amide bonds. The number of rotatable bonds is 1. The van der Waals surface area contributed by atoms with E-state index in [0.29, 0.717) is 11.0 Å². The van der Waals surface area contributed by atoms with E-state index in [2.05, 4.69) is 9.36 Å². The first-order valence-corrected chi connectivity index (χ1v) is 5.52. The highest BCUT2D eigenvalue weighted by Gasteiger charge is 2.38. The zero-order chi connectivity index (χ0) is 14.5. The van der Waals surface area contributed by atoms with Crippen LogP contribution in [-0.4, -0.2) is 26.6 Å². The molecule has 3 N–H and O–H groups in total. The summed E-state index contributed by atoms with van der Waals surface area (Å²) in [5, 5.41) is 7.63. The third kappa shape index (κ3) is 4.92. The van der Waals surface area contributed by atoms with E-state index in [-0.39, 0.29) is 0 Å². The Labute approximate surface area is 109 Å². The van der Waals surface area contributed by atoms with Gasteiger partial charge in [0.25, 0.3) is 0 Å². The molecule has 5 nitrogen and oxygen atoms in total. The van der Waals surface area contributed by atoms with Crippen LogP contribution in [0.4, 0.5) is 18.3 Å². The van der Waals surface area contributed by atoms with E-state index in [1.165, 1.54) is 11.5 Å². The van der Waals surface area contributed by atoms with Crippen LogP contribution in [0.2, 0.25) is 0 Å². The number of nitrogens with two attached hydrogens (primary N) is 1. The summed E-state index contributed by atoms with van der Waals surface area (Å²) in [4.78, 5) is 13.0. The molecule has 0 aliphatic heterocycles. The maximum absolute atomic E-state index is 10.6. The van der Waals surface area contributed by atoms with Crippen molar-refractivity contribution in [3.63, 3.8) is 0 Å². The van der Waals surface area contributed by atoms with Crippen LogP contribution in [0.25, 0.3) is 11.4 Å².